The van der Waals surface area contributed by atoms with Crippen LogP contribution in [0.4, 0.5) is 0 Å². The number of nitrogens with one attached hydrogen (secondary N) is 1. The minimum absolute atomic E-state index is 0.0852. The summed E-state index contributed by atoms with van der Waals surface area (Å²) in [5, 5.41) is 1.75. The minimum atomic E-state index is -0.100. The standard InChI is InChI=1S/C15H20N4O4/c20-12-9-11(17-1-5-22-6-2-17)15(21)14(19-10-16-19)13(12)18-3-7-23-8-4-18/h9,16H,1-8,10H2. The summed E-state index contributed by atoms with van der Waals surface area (Å²) in [5.41, 5.74) is 4.48. The number of carbonyl (C=O) groups excluding carboxylic acids is 2. The molecule has 8 heteroatoms. The topological polar surface area (TPSA) is 84.0 Å². The molecule has 0 saturated carbocycles. The van der Waals surface area contributed by atoms with E-state index in [4.69, 9.17) is 9.47 Å². The molecule has 4 rings (SSSR count). The second-order valence-electron chi connectivity index (χ2n) is 5.86. The maximum atomic E-state index is 13.0. The molecule has 0 spiro atoms. The highest BCUT2D eigenvalue weighted by Crippen LogP contribution is 2.29. The van der Waals surface area contributed by atoms with E-state index in [-0.39, 0.29) is 11.6 Å². The summed E-state index contributed by atoms with van der Waals surface area (Å²) in [7, 11) is 0. The number of nitrogens with zero attached hydrogens (tertiary/aromatic N) is 3. The Bertz CT molecular complexity index is 584. The van der Waals surface area contributed by atoms with Crippen LogP contribution < -0.4 is 5.43 Å². The zero-order chi connectivity index (χ0) is 15.8. The summed E-state index contributed by atoms with van der Waals surface area (Å²) >= 11 is 0. The van der Waals surface area contributed by atoms with Crippen LogP contribution >= 0.6 is 0 Å². The number of rotatable bonds is 3. The van der Waals surface area contributed by atoms with Crippen LogP contribution in [-0.2, 0) is 19.1 Å². The van der Waals surface area contributed by atoms with E-state index in [2.05, 4.69) is 5.43 Å². The Kier molecular flexibility index (Phi) is 3.80. The maximum absolute atomic E-state index is 13.0. The van der Waals surface area contributed by atoms with Crippen molar-refractivity contribution >= 4 is 11.6 Å². The Balaban J connectivity index is 1.66. The Morgan fingerprint density at radius 2 is 1.43 bits per heavy atom. The summed E-state index contributed by atoms with van der Waals surface area (Å²) in [5.74, 6) is -0.185. The van der Waals surface area contributed by atoms with Crippen LogP contribution in [0.15, 0.2) is 23.2 Å². The SMILES string of the molecule is O=C1C=C(N2CCOCC2)C(=O)C(N2CN2)=C1N1CCOCC1. The number of ketones is 2. The minimum Gasteiger partial charge on any atom is -0.378 e. The molecule has 1 aliphatic carbocycles. The van der Waals surface area contributed by atoms with E-state index in [0.717, 1.165) is 0 Å². The van der Waals surface area contributed by atoms with Gasteiger partial charge in [-0.25, -0.2) is 5.43 Å². The van der Waals surface area contributed by atoms with E-state index in [9.17, 15) is 9.59 Å². The van der Waals surface area contributed by atoms with Crippen molar-refractivity contribution in [2.75, 3.05) is 59.3 Å². The summed E-state index contributed by atoms with van der Waals surface area (Å²) in [6, 6.07) is 0. The smallest absolute Gasteiger partial charge is 0.228 e. The molecule has 0 amide bonds. The molecule has 3 fully saturated rings. The van der Waals surface area contributed by atoms with Gasteiger partial charge in [0, 0.05) is 32.3 Å². The third-order valence-corrected chi connectivity index (χ3v) is 4.44. The number of carbonyl (C=O) groups is 2. The van der Waals surface area contributed by atoms with E-state index >= 15 is 0 Å². The summed E-state index contributed by atoms with van der Waals surface area (Å²) in [4.78, 5) is 29.7. The quantitative estimate of drug-likeness (QED) is 0.506. The second kappa shape index (κ2) is 5.95. The van der Waals surface area contributed by atoms with Gasteiger partial charge >= 0.3 is 0 Å². The van der Waals surface area contributed by atoms with Gasteiger partial charge in [0.15, 0.2) is 0 Å². The summed E-state index contributed by atoms with van der Waals surface area (Å²) in [6.45, 7) is 5.44. The fourth-order valence-corrected chi connectivity index (χ4v) is 3.18. The van der Waals surface area contributed by atoms with Crippen molar-refractivity contribution in [1.82, 2.24) is 20.2 Å². The average Bonchev–Trinajstić information content (AvgIpc) is 3.42. The van der Waals surface area contributed by atoms with Gasteiger partial charge in [0.2, 0.25) is 11.6 Å². The van der Waals surface area contributed by atoms with Gasteiger partial charge < -0.3 is 19.3 Å². The first-order chi connectivity index (χ1) is 11.3. The van der Waals surface area contributed by atoms with Gasteiger partial charge in [-0.15, -0.1) is 0 Å². The van der Waals surface area contributed by atoms with Crippen molar-refractivity contribution in [3.8, 4) is 0 Å². The van der Waals surface area contributed by atoms with Crippen LogP contribution in [-0.4, -0.2) is 85.7 Å². The lowest BCUT2D eigenvalue weighted by Gasteiger charge is -2.36. The second-order valence-corrected chi connectivity index (χ2v) is 5.86. The fraction of sp³-hybridized carbons (Fsp3) is 0.600. The van der Waals surface area contributed by atoms with Gasteiger partial charge in [-0.2, -0.15) is 0 Å². The molecule has 0 bridgehead atoms. The summed E-state index contributed by atoms with van der Waals surface area (Å²) in [6.07, 6.45) is 1.49. The van der Waals surface area contributed by atoms with Crippen LogP contribution in [0.3, 0.4) is 0 Å². The third-order valence-electron chi connectivity index (χ3n) is 4.44. The van der Waals surface area contributed by atoms with E-state index < -0.39 is 0 Å². The highest BCUT2D eigenvalue weighted by molar-refractivity contribution is 6.22. The summed E-state index contributed by atoms with van der Waals surface area (Å²) < 4.78 is 10.7. The molecule has 1 N–H and O–H groups in total. The van der Waals surface area contributed by atoms with Gasteiger partial charge in [0.05, 0.1) is 32.1 Å². The van der Waals surface area contributed by atoms with Crippen molar-refractivity contribution in [3.63, 3.8) is 0 Å². The molecule has 0 radical (unpaired) electrons. The number of Topliss-reactive ketones (excluding diaryl/α,β-unsaturated/α-hetero) is 1. The predicted octanol–water partition coefficient (Wildman–Crippen LogP) is -1.32. The number of ether oxygens (including phenoxy) is 2. The van der Waals surface area contributed by atoms with E-state index in [1.807, 2.05) is 9.80 Å². The Labute approximate surface area is 134 Å². The number of morpholine rings is 2. The lowest BCUT2D eigenvalue weighted by molar-refractivity contribution is -0.119. The molecule has 0 atom stereocenters. The lowest BCUT2D eigenvalue weighted by atomic mass is 9.99. The molecule has 23 heavy (non-hydrogen) atoms. The zero-order valence-electron chi connectivity index (χ0n) is 12.9. The lowest BCUT2D eigenvalue weighted by Crippen LogP contribution is -2.45. The number of hydrazine groups is 1. The number of hydrogen-bond donors (Lipinski definition) is 1. The number of hydrogen-bond acceptors (Lipinski definition) is 8. The predicted molar refractivity (Wildman–Crippen MR) is 79.7 cm³/mol. The molecule has 0 aromatic carbocycles. The first-order valence-corrected chi connectivity index (χ1v) is 7.97. The van der Waals surface area contributed by atoms with E-state index in [1.54, 1.807) is 5.01 Å². The van der Waals surface area contributed by atoms with Crippen molar-refractivity contribution in [1.29, 1.82) is 0 Å². The Hall–Kier alpha value is -1.90. The van der Waals surface area contributed by atoms with Crippen molar-refractivity contribution in [3.05, 3.63) is 23.2 Å². The zero-order valence-corrected chi connectivity index (χ0v) is 12.9. The van der Waals surface area contributed by atoms with Crippen LogP contribution in [0.5, 0.6) is 0 Å². The first kappa shape index (κ1) is 14.7. The van der Waals surface area contributed by atoms with Gasteiger partial charge in [0.1, 0.15) is 18.1 Å². The molecule has 0 aromatic rings. The molecule has 0 aromatic heterocycles. The normalized spacial score (nSPS) is 25.9. The molecule has 3 saturated heterocycles. The monoisotopic (exact) mass is 320 g/mol. The van der Waals surface area contributed by atoms with Crippen LogP contribution in [0.2, 0.25) is 0 Å². The van der Waals surface area contributed by atoms with Gasteiger partial charge in [0.25, 0.3) is 0 Å². The molecule has 8 nitrogen and oxygen atoms in total. The third kappa shape index (κ3) is 2.73. The molecule has 4 aliphatic rings. The Morgan fingerprint density at radius 1 is 0.870 bits per heavy atom. The van der Waals surface area contributed by atoms with Crippen LogP contribution in [0.1, 0.15) is 0 Å². The van der Waals surface area contributed by atoms with Crippen molar-refractivity contribution in [2.24, 2.45) is 0 Å². The molecular formula is C15H20N4O4. The molecule has 3 aliphatic heterocycles. The molecule has 124 valence electrons. The van der Waals surface area contributed by atoms with Crippen molar-refractivity contribution in [2.45, 2.75) is 0 Å². The number of allylic oxidation sites excluding steroid dienone is 1. The van der Waals surface area contributed by atoms with Crippen molar-refractivity contribution < 1.29 is 19.1 Å². The highest BCUT2D eigenvalue weighted by Gasteiger charge is 2.40. The largest absolute Gasteiger partial charge is 0.378 e. The Morgan fingerprint density at radius 3 is 2.00 bits per heavy atom. The van der Waals surface area contributed by atoms with E-state index in [1.165, 1.54) is 6.08 Å². The van der Waals surface area contributed by atoms with Gasteiger partial charge in [-0.3, -0.25) is 14.6 Å². The fourth-order valence-electron chi connectivity index (χ4n) is 3.18. The van der Waals surface area contributed by atoms with Gasteiger partial charge in [-0.1, -0.05) is 0 Å². The van der Waals surface area contributed by atoms with Gasteiger partial charge in [-0.05, 0) is 0 Å². The first-order valence-electron chi connectivity index (χ1n) is 7.97. The highest BCUT2D eigenvalue weighted by atomic mass is 16.5. The average molecular weight is 320 g/mol. The van der Waals surface area contributed by atoms with Crippen LogP contribution in [0.25, 0.3) is 0 Å². The molecule has 3 heterocycles. The van der Waals surface area contributed by atoms with E-state index in [0.29, 0.717) is 76.4 Å². The van der Waals surface area contributed by atoms with Crippen LogP contribution in [0, 0.1) is 0 Å². The molecular weight excluding hydrogens is 300 g/mol. The molecule has 0 unspecified atom stereocenters. The maximum Gasteiger partial charge on any atom is 0.228 e.